The first-order valence-electron chi connectivity index (χ1n) is 3.95. The molecule has 0 fully saturated rings. The van der Waals surface area contributed by atoms with Gasteiger partial charge in [0.2, 0.25) is 0 Å². The maximum atomic E-state index is 9.06. The zero-order valence-corrected chi connectivity index (χ0v) is 7.87. The summed E-state index contributed by atoms with van der Waals surface area (Å²) in [5.41, 5.74) is 0. The van der Waals surface area contributed by atoms with E-state index in [0.29, 0.717) is 19.2 Å². The molecule has 3 nitrogen and oxygen atoms in total. The van der Waals surface area contributed by atoms with E-state index in [-0.39, 0.29) is 6.10 Å². The predicted molar refractivity (Wildman–Crippen MR) is 45.6 cm³/mol. The van der Waals surface area contributed by atoms with Crippen molar-refractivity contribution in [3.05, 3.63) is 0 Å². The third kappa shape index (κ3) is 5.18. The zero-order valence-electron chi connectivity index (χ0n) is 7.87. The summed E-state index contributed by atoms with van der Waals surface area (Å²) in [7, 11) is 3.67. The molecule has 0 rings (SSSR count). The molecule has 0 aromatic carbocycles. The molecule has 68 valence electrons. The summed E-state index contributed by atoms with van der Waals surface area (Å²) < 4.78 is 4.98. The van der Waals surface area contributed by atoms with Crippen LogP contribution in [-0.2, 0) is 4.74 Å². The van der Waals surface area contributed by atoms with Crippen LogP contribution in [0.3, 0.4) is 0 Å². The minimum atomic E-state index is -0.265. The van der Waals surface area contributed by atoms with E-state index in [0.717, 1.165) is 0 Å². The molecule has 11 heavy (non-hydrogen) atoms. The van der Waals surface area contributed by atoms with Gasteiger partial charge < -0.3 is 9.84 Å². The maximum Gasteiger partial charge on any atom is 0.0639 e. The first-order chi connectivity index (χ1) is 5.07. The van der Waals surface area contributed by atoms with Crippen LogP contribution in [0.1, 0.15) is 13.8 Å². The Morgan fingerprint density at radius 1 is 1.45 bits per heavy atom. The summed E-state index contributed by atoms with van der Waals surface area (Å²) in [4.78, 5) is 2.08. The van der Waals surface area contributed by atoms with Crippen LogP contribution in [0.4, 0.5) is 0 Å². The van der Waals surface area contributed by atoms with Crippen LogP contribution in [0, 0.1) is 0 Å². The molecule has 0 aliphatic rings. The summed E-state index contributed by atoms with van der Waals surface area (Å²) in [6.07, 6.45) is -0.265. The van der Waals surface area contributed by atoms with Crippen LogP contribution < -0.4 is 0 Å². The molecule has 1 unspecified atom stereocenters. The lowest BCUT2D eigenvalue weighted by molar-refractivity contribution is 0.0780. The molecule has 0 radical (unpaired) electrons. The number of aliphatic hydroxyl groups is 1. The van der Waals surface area contributed by atoms with Gasteiger partial charge in [-0.05, 0) is 20.9 Å². The van der Waals surface area contributed by atoms with Crippen LogP contribution in [0.2, 0.25) is 0 Å². The smallest absolute Gasteiger partial charge is 0.0639 e. The monoisotopic (exact) mass is 161 g/mol. The van der Waals surface area contributed by atoms with Crippen molar-refractivity contribution >= 4 is 0 Å². The van der Waals surface area contributed by atoms with E-state index in [2.05, 4.69) is 11.8 Å². The Morgan fingerprint density at radius 2 is 2.00 bits per heavy atom. The highest BCUT2D eigenvalue weighted by molar-refractivity contribution is 4.64. The highest BCUT2D eigenvalue weighted by Gasteiger charge is 2.09. The lowest BCUT2D eigenvalue weighted by Crippen LogP contribution is -2.37. The lowest BCUT2D eigenvalue weighted by atomic mass is 10.3. The van der Waals surface area contributed by atoms with E-state index in [9.17, 15) is 0 Å². The highest BCUT2D eigenvalue weighted by atomic mass is 16.5. The molecule has 0 heterocycles. The lowest BCUT2D eigenvalue weighted by Gasteiger charge is -2.24. The van der Waals surface area contributed by atoms with Crippen LogP contribution in [0.15, 0.2) is 0 Å². The number of likely N-dealkylation sites (N-methyl/N-ethyl adjacent to an activating group) is 1. The van der Waals surface area contributed by atoms with Gasteiger partial charge in [0.05, 0.1) is 12.7 Å². The number of hydrogen-bond donors (Lipinski definition) is 1. The van der Waals surface area contributed by atoms with Gasteiger partial charge in [-0.25, -0.2) is 0 Å². The minimum Gasteiger partial charge on any atom is -0.392 e. The van der Waals surface area contributed by atoms with Gasteiger partial charge in [0.15, 0.2) is 0 Å². The van der Waals surface area contributed by atoms with E-state index in [4.69, 9.17) is 9.84 Å². The van der Waals surface area contributed by atoms with Crippen molar-refractivity contribution in [2.75, 3.05) is 27.3 Å². The Balaban J connectivity index is 3.54. The second-order valence-corrected chi connectivity index (χ2v) is 3.09. The molecule has 1 N–H and O–H groups in total. The topological polar surface area (TPSA) is 32.7 Å². The van der Waals surface area contributed by atoms with Gasteiger partial charge in [0.1, 0.15) is 0 Å². The Bertz CT molecular complexity index is 96.1. The Kier molecular flexibility index (Phi) is 5.46. The van der Waals surface area contributed by atoms with Gasteiger partial charge >= 0.3 is 0 Å². The number of aliphatic hydroxyl groups excluding tert-OH is 1. The van der Waals surface area contributed by atoms with Crippen molar-refractivity contribution in [2.45, 2.75) is 26.0 Å². The van der Waals surface area contributed by atoms with Gasteiger partial charge in [-0.3, -0.25) is 4.90 Å². The number of methoxy groups -OCH3 is 1. The third-order valence-electron chi connectivity index (χ3n) is 1.71. The summed E-state index contributed by atoms with van der Waals surface area (Å²) in [5, 5.41) is 9.06. The molecular weight excluding hydrogens is 142 g/mol. The zero-order chi connectivity index (χ0) is 8.85. The predicted octanol–water partition coefficient (Wildman–Crippen LogP) is 0.334. The Hall–Kier alpha value is -0.120. The average Bonchev–Trinajstić information content (AvgIpc) is 1.86. The molecule has 0 saturated heterocycles. The molecule has 0 spiro atoms. The average molecular weight is 161 g/mol. The van der Waals surface area contributed by atoms with Crippen LogP contribution in [0.5, 0.6) is 0 Å². The quantitative estimate of drug-likeness (QED) is 0.631. The molecule has 3 heteroatoms. The largest absolute Gasteiger partial charge is 0.392 e. The summed E-state index contributed by atoms with van der Waals surface area (Å²) in [6, 6.07) is 0.370. The fraction of sp³-hybridized carbons (Fsp3) is 1.00. The second-order valence-electron chi connectivity index (χ2n) is 3.09. The second kappa shape index (κ2) is 5.52. The van der Waals surface area contributed by atoms with Crippen LogP contribution in [-0.4, -0.2) is 49.5 Å². The van der Waals surface area contributed by atoms with E-state index < -0.39 is 0 Å². The molecule has 0 aromatic rings. The minimum absolute atomic E-state index is 0.265. The molecule has 0 aromatic heterocycles. The Labute approximate surface area is 69.0 Å². The third-order valence-corrected chi connectivity index (χ3v) is 1.71. The standard InChI is InChI=1S/C8H19NO2/c1-7(6-11-4)9(3)5-8(2)10/h7-8,10H,5-6H2,1-4H3/t7?,8-/m0/s1. The van der Waals surface area contributed by atoms with Crippen molar-refractivity contribution in [3.8, 4) is 0 Å². The molecule has 0 bridgehead atoms. The van der Waals surface area contributed by atoms with Crippen molar-refractivity contribution in [2.24, 2.45) is 0 Å². The normalized spacial score (nSPS) is 16.9. The van der Waals surface area contributed by atoms with Gasteiger partial charge in [0, 0.05) is 19.7 Å². The molecule has 0 aliphatic carbocycles. The first kappa shape index (κ1) is 10.9. The maximum absolute atomic E-state index is 9.06. The van der Waals surface area contributed by atoms with Crippen molar-refractivity contribution < 1.29 is 9.84 Å². The summed E-state index contributed by atoms with van der Waals surface area (Å²) >= 11 is 0. The van der Waals surface area contributed by atoms with Gasteiger partial charge in [-0.15, -0.1) is 0 Å². The van der Waals surface area contributed by atoms with Crippen LogP contribution in [0.25, 0.3) is 0 Å². The van der Waals surface area contributed by atoms with Crippen molar-refractivity contribution in [1.29, 1.82) is 0 Å². The molecule has 0 aliphatic heterocycles. The summed E-state index contributed by atoms with van der Waals surface area (Å²) in [5.74, 6) is 0. The van der Waals surface area contributed by atoms with Crippen molar-refractivity contribution in [3.63, 3.8) is 0 Å². The number of nitrogens with zero attached hydrogens (tertiary/aromatic N) is 1. The Morgan fingerprint density at radius 3 is 2.36 bits per heavy atom. The van der Waals surface area contributed by atoms with Gasteiger partial charge in [-0.2, -0.15) is 0 Å². The molecule has 0 saturated carbocycles. The fourth-order valence-corrected chi connectivity index (χ4v) is 0.965. The van der Waals surface area contributed by atoms with Crippen molar-refractivity contribution in [1.82, 2.24) is 4.90 Å². The SMILES string of the molecule is COCC(C)N(C)C[C@H](C)O. The van der Waals surface area contributed by atoms with Crippen LogP contribution >= 0.6 is 0 Å². The van der Waals surface area contributed by atoms with Gasteiger partial charge in [0.25, 0.3) is 0 Å². The number of hydrogen-bond acceptors (Lipinski definition) is 3. The van der Waals surface area contributed by atoms with E-state index >= 15 is 0 Å². The molecule has 0 amide bonds. The molecule has 2 atom stereocenters. The molecular formula is C8H19NO2. The fourth-order valence-electron chi connectivity index (χ4n) is 0.965. The number of ether oxygens (including phenoxy) is 1. The van der Waals surface area contributed by atoms with Gasteiger partial charge in [-0.1, -0.05) is 0 Å². The highest BCUT2D eigenvalue weighted by Crippen LogP contribution is 1.96. The van der Waals surface area contributed by atoms with E-state index in [1.54, 1.807) is 14.0 Å². The number of rotatable bonds is 5. The summed E-state index contributed by atoms with van der Waals surface area (Å²) in [6.45, 7) is 5.27. The van der Waals surface area contributed by atoms with E-state index in [1.165, 1.54) is 0 Å². The van der Waals surface area contributed by atoms with E-state index in [1.807, 2.05) is 7.05 Å². The first-order valence-corrected chi connectivity index (χ1v) is 3.95.